The fourth-order valence-electron chi connectivity index (χ4n) is 2.11. The molecule has 0 radical (unpaired) electrons. The molecule has 0 aliphatic carbocycles. The fourth-order valence-corrected chi connectivity index (χ4v) is 2.98. The van der Waals surface area contributed by atoms with E-state index in [0.717, 1.165) is 11.3 Å². The topological polar surface area (TPSA) is 77.5 Å². The second-order valence-corrected chi connectivity index (χ2v) is 5.84. The second kappa shape index (κ2) is 5.76. The van der Waals surface area contributed by atoms with Crippen molar-refractivity contribution in [3.05, 3.63) is 34.8 Å². The third kappa shape index (κ3) is 2.80. The molecule has 1 aliphatic heterocycles. The molecule has 2 heterocycles. The lowest BCUT2D eigenvalue weighted by Gasteiger charge is -2.25. The van der Waals surface area contributed by atoms with Crippen molar-refractivity contribution in [2.24, 2.45) is 0 Å². The maximum absolute atomic E-state index is 12.2. The Labute approximate surface area is 131 Å². The molecule has 7 heteroatoms. The molecule has 6 nitrogen and oxygen atoms in total. The third-order valence-corrected chi connectivity index (χ3v) is 4.32. The average molecular weight is 318 g/mol. The van der Waals surface area contributed by atoms with Crippen LogP contribution >= 0.6 is 11.3 Å². The number of rotatable bonds is 3. The Hall–Kier alpha value is -2.41. The van der Waals surface area contributed by atoms with Gasteiger partial charge in [-0.05, 0) is 19.1 Å². The van der Waals surface area contributed by atoms with Crippen LogP contribution in [0.15, 0.2) is 24.3 Å². The number of hydrogen-bond acceptors (Lipinski definition) is 6. The molecule has 2 aromatic rings. The molecule has 1 N–H and O–H groups in total. The van der Waals surface area contributed by atoms with E-state index in [9.17, 15) is 9.59 Å². The third-order valence-electron chi connectivity index (χ3n) is 3.15. The molecule has 0 spiro atoms. The minimum absolute atomic E-state index is 0.0679. The van der Waals surface area contributed by atoms with Crippen molar-refractivity contribution in [1.29, 1.82) is 0 Å². The number of carbonyl (C=O) groups excluding carboxylic acids is 2. The SMILES string of the molecule is CC(=O)c1sc(NC(=O)[C@H]2COc3ccccc3O2)nc1C. The van der Waals surface area contributed by atoms with Crippen molar-refractivity contribution in [2.75, 3.05) is 11.9 Å². The minimum atomic E-state index is -0.750. The quantitative estimate of drug-likeness (QED) is 0.880. The fraction of sp³-hybridized carbons (Fsp3) is 0.267. The van der Waals surface area contributed by atoms with Crippen LogP contribution in [0.5, 0.6) is 11.5 Å². The number of nitrogens with one attached hydrogen (secondary N) is 1. The van der Waals surface area contributed by atoms with Crippen LogP contribution < -0.4 is 14.8 Å². The summed E-state index contributed by atoms with van der Waals surface area (Å²) in [5.74, 6) is 0.740. The molecule has 1 amide bonds. The molecule has 1 aromatic carbocycles. The summed E-state index contributed by atoms with van der Waals surface area (Å²) in [4.78, 5) is 28.4. The summed E-state index contributed by atoms with van der Waals surface area (Å²) in [6, 6.07) is 7.18. The van der Waals surface area contributed by atoms with E-state index in [0.29, 0.717) is 27.2 Å². The Bertz CT molecular complexity index is 741. The minimum Gasteiger partial charge on any atom is -0.485 e. The number of thiazole rings is 1. The zero-order valence-electron chi connectivity index (χ0n) is 12.1. The van der Waals surface area contributed by atoms with Crippen molar-refractivity contribution in [1.82, 2.24) is 4.98 Å². The number of fused-ring (bicyclic) bond motifs is 1. The zero-order chi connectivity index (χ0) is 15.7. The van der Waals surface area contributed by atoms with Gasteiger partial charge in [-0.1, -0.05) is 23.5 Å². The number of benzene rings is 1. The Kier molecular flexibility index (Phi) is 3.81. The van der Waals surface area contributed by atoms with Crippen LogP contribution in [0.4, 0.5) is 5.13 Å². The summed E-state index contributed by atoms with van der Waals surface area (Å²) in [5.41, 5.74) is 0.610. The number of amides is 1. The Morgan fingerprint density at radius 1 is 1.32 bits per heavy atom. The first-order valence-corrected chi connectivity index (χ1v) is 7.54. The highest BCUT2D eigenvalue weighted by molar-refractivity contribution is 7.17. The van der Waals surface area contributed by atoms with Gasteiger partial charge in [0, 0.05) is 6.92 Å². The van der Waals surface area contributed by atoms with Crippen molar-refractivity contribution < 1.29 is 19.1 Å². The lowest BCUT2D eigenvalue weighted by molar-refractivity contribution is -0.125. The lowest BCUT2D eigenvalue weighted by Crippen LogP contribution is -2.40. The molecular weight excluding hydrogens is 304 g/mol. The van der Waals surface area contributed by atoms with Crippen molar-refractivity contribution >= 4 is 28.2 Å². The molecule has 1 aliphatic rings. The molecule has 3 rings (SSSR count). The number of hydrogen-bond donors (Lipinski definition) is 1. The van der Waals surface area contributed by atoms with Crippen LogP contribution in [0.1, 0.15) is 22.3 Å². The first-order chi connectivity index (χ1) is 10.5. The first kappa shape index (κ1) is 14.5. The predicted octanol–water partition coefficient (Wildman–Crippen LogP) is 2.43. The standard InChI is InChI=1S/C15H14N2O4S/c1-8-13(9(2)18)22-15(16-8)17-14(19)12-7-20-10-5-3-4-6-11(10)21-12/h3-6,12H,7H2,1-2H3,(H,16,17,19)/t12-/m1/s1. The summed E-state index contributed by atoms with van der Waals surface area (Å²) >= 11 is 1.16. The number of Topliss-reactive ketones (excluding diaryl/α,β-unsaturated/α-hetero) is 1. The number of para-hydroxylation sites is 2. The number of anilines is 1. The monoisotopic (exact) mass is 318 g/mol. The van der Waals surface area contributed by atoms with Crippen LogP contribution in [0, 0.1) is 6.92 Å². The largest absolute Gasteiger partial charge is 0.485 e. The van der Waals surface area contributed by atoms with Crippen LogP contribution in [0.2, 0.25) is 0 Å². The van der Waals surface area contributed by atoms with E-state index in [1.165, 1.54) is 6.92 Å². The summed E-state index contributed by atoms with van der Waals surface area (Å²) in [6.07, 6.45) is -0.750. The highest BCUT2D eigenvalue weighted by atomic mass is 32.1. The van der Waals surface area contributed by atoms with Gasteiger partial charge in [-0.15, -0.1) is 0 Å². The smallest absolute Gasteiger partial charge is 0.270 e. The van der Waals surface area contributed by atoms with Crippen molar-refractivity contribution in [3.63, 3.8) is 0 Å². The average Bonchev–Trinajstić information content (AvgIpc) is 2.87. The van der Waals surface area contributed by atoms with E-state index in [1.54, 1.807) is 19.1 Å². The summed E-state index contributed by atoms with van der Waals surface area (Å²) in [5, 5.41) is 3.05. The van der Waals surface area contributed by atoms with Gasteiger partial charge in [0.25, 0.3) is 5.91 Å². The molecule has 1 atom stereocenters. The van der Waals surface area contributed by atoms with Gasteiger partial charge < -0.3 is 9.47 Å². The summed E-state index contributed by atoms with van der Waals surface area (Å²) in [6.45, 7) is 3.34. The molecule has 22 heavy (non-hydrogen) atoms. The number of carbonyl (C=O) groups is 2. The van der Waals surface area contributed by atoms with E-state index in [2.05, 4.69) is 10.3 Å². The van der Waals surface area contributed by atoms with Crippen LogP contribution in [-0.2, 0) is 4.79 Å². The van der Waals surface area contributed by atoms with Gasteiger partial charge in [0.1, 0.15) is 6.61 Å². The number of aromatic nitrogens is 1. The molecule has 0 fully saturated rings. The molecule has 0 saturated heterocycles. The Balaban J connectivity index is 1.71. The van der Waals surface area contributed by atoms with Gasteiger partial charge >= 0.3 is 0 Å². The maximum atomic E-state index is 12.2. The van der Waals surface area contributed by atoms with Crippen molar-refractivity contribution in [2.45, 2.75) is 20.0 Å². The normalized spacial score (nSPS) is 16.2. The highest BCUT2D eigenvalue weighted by Crippen LogP contribution is 2.31. The molecule has 114 valence electrons. The lowest BCUT2D eigenvalue weighted by atomic mass is 10.2. The van der Waals surface area contributed by atoms with Gasteiger partial charge in [0.2, 0.25) is 6.10 Å². The highest BCUT2D eigenvalue weighted by Gasteiger charge is 2.28. The Morgan fingerprint density at radius 2 is 2.05 bits per heavy atom. The molecule has 0 saturated carbocycles. The predicted molar refractivity (Wildman–Crippen MR) is 81.8 cm³/mol. The second-order valence-electron chi connectivity index (χ2n) is 4.84. The van der Waals surface area contributed by atoms with Gasteiger partial charge in [-0.3, -0.25) is 14.9 Å². The van der Waals surface area contributed by atoms with Crippen molar-refractivity contribution in [3.8, 4) is 11.5 Å². The van der Waals surface area contributed by atoms with E-state index >= 15 is 0 Å². The molecule has 0 bridgehead atoms. The number of aryl methyl sites for hydroxylation is 1. The van der Waals surface area contributed by atoms with E-state index in [-0.39, 0.29) is 18.3 Å². The molecular formula is C15H14N2O4S. The Morgan fingerprint density at radius 3 is 2.73 bits per heavy atom. The molecule has 0 unspecified atom stereocenters. The van der Waals surface area contributed by atoms with Gasteiger partial charge in [0.05, 0.1) is 10.6 Å². The molecule has 1 aromatic heterocycles. The van der Waals surface area contributed by atoms with Crippen LogP contribution in [0.25, 0.3) is 0 Å². The van der Waals surface area contributed by atoms with Crippen LogP contribution in [-0.4, -0.2) is 29.4 Å². The number of ether oxygens (including phenoxy) is 2. The van der Waals surface area contributed by atoms with E-state index in [1.807, 2.05) is 12.1 Å². The number of ketones is 1. The van der Waals surface area contributed by atoms with E-state index in [4.69, 9.17) is 9.47 Å². The van der Waals surface area contributed by atoms with E-state index < -0.39 is 6.10 Å². The maximum Gasteiger partial charge on any atom is 0.270 e. The summed E-state index contributed by atoms with van der Waals surface area (Å²) < 4.78 is 11.1. The number of nitrogens with zero attached hydrogens (tertiary/aromatic N) is 1. The van der Waals surface area contributed by atoms with Gasteiger partial charge in [-0.25, -0.2) is 4.98 Å². The van der Waals surface area contributed by atoms with Gasteiger partial charge in [0.15, 0.2) is 22.4 Å². The van der Waals surface area contributed by atoms with Gasteiger partial charge in [-0.2, -0.15) is 0 Å². The summed E-state index contributed by atoms with van der Waals surface area (Å²) in [7, 11) is 0. The van der Waals surface area contributed by atoms with Crippen LogP contribution in [0.3, 0.4) is 0 Å². The zero-order valence-corrected chi connectivity index (χ0v) is 12.9. The first-order valence-electron chi connectivity index (χ1n) is 6.72.